The number of benzene rings is 1. The first-order valence-electron chi connectivity index (χ1n) is 11.7. The summed E-state index contributed by atoms with van der Waals surface area (Å²) in [5.41, 5.74) is 8.76. The summed E-state index contributed by atoms with van der Waals surface area (Å²) in [4.78, 5) is 28.3. The average Bonchev–Trinajstić information content (AvgIpc) is 3.53. The molecule has 1 aliphatic heterocycles. The van der Waals surface area contributed by atoms with E-state index in [4.69, 9.17) is 4.42 Å². The van der Waals surface area contributed by atoms with Crippen LogP contribution in [-0.2, 0) is 24.2 Å². The van der Waals surface area contributed by atoms with Crippen molar-refractivity contribution in [1.82, 2.24) is 21.1 Å². The van der Waals surface area contributed by atoms with Crippen LogP contribution in [0.3, 0.4) is 0 Å². The highest BCUT2D eigenvalue weighted by Gasteiger charge is 2.26. The van der Waals surface area contributed by atoms with Gasteiger partial charge in [-0.2, -0.15) is 0 Å². The lowest BCUT2D eigenvalue weighted by molar-refractivity contribution is -0.121. The van der Waals surface area contributed by atoms with Gasteiger partial charge in [-0.25, -0.2) is 10.2 Å². The van der Waals surface area contributed by atoms with Crippen molar-refractivity contribution in [1.29, 1.82) is 0 Å². The van der Waals surface area contributed by atoms with E-state index in [2.05, 4.69) is 70.6 Å². The van der Waals surface area contributed by atoms with Crippen molar-refractivity contribution in [3.05, 3.63) is 81.4 Å². The van der Waals surface area contributed by atoms with Crippen LogP contribution in [0, 0.1) is 0 Å². The number of nitrogens with zero attached hydrogens (tertiary/aromatic N) is 1. The fraction of sp³-hybridized carbons (Fsp3) is 0.385. The molecule has 4 rings (SSSR count). The first-order valence-corrected chi connectivity index (χ1v) is 12.6. The Morgan fingerprint density at radius 2 is 1.88 bits per heavy atom. The number of aryl methyl sites for hydroxylation is 1. The monoisotopic (exact) mass is 480 g/mol. The first kappa shape index (κ1) is 24.0. The van der Waals surface area contributed by atoms with Crippen LogP contribution in [-0.4, -0.2) is 29.9 Å². The van der Waals surface area contributed by atoms with Gasteiger partial charge in [0.25, 0.3) is 0 Å². The van der Waals surface area contributed by atoms with Gasteiger partial charge in [-0.05, 0) is 52.6 Å². The van der Waals surface area contributed by atoms with E-state index in [1.807, 2.05) is 17.4 Å². The van der Waals surface area contributed by atoms with Gasteiger partial charge in [0.15, 0.2) is 0 Å². The first-order chi connectivity index (χ1) is 16.5. The number of carbonyl (C=O) groups excluding carboxylic acids is 2. The summed E-state index contributed by atoms with van der Waals surface area (Å²) in [7, 11) is 0. The molecule has 0 saturated heterocycles. The molecule has 1 atom stereocenters. The van der Waals surface area contributed by atoms with Gasteiger partial charge in [0.05, 0.1) is 12.3 Å². The summed E-state index contributed by atoms with van der Waals surface area (Å²) in [5, 5.41) is 5.09. The molecule has 34 heavy (non-hydrogen) atoms. The lowest BCUT2D eigenvalue weighted by Gasteiger charge is -2.35. The number of hydrogen-bond acceptors (Lipinski definition) is 5. The number of carbonyl (C=O) groups is 2. The lowest BCUT2D eigenvalue weighted by Crippen LogP contribution is -2.49. The summed E-state index contributed by atoms with van der Waals surface area (Å²) in [6.07, 6.45) is 3.31. The molecule has 0 radical (unpaired) electrons. The quantitative estimate of drug-likeness (QED) is 0.414. The van der Waals surface area contributed by atoms with Crippen LogP contribution in [0.25, 0.3) is 0 Å². The minimum absolute atomic E-state index is 0.0367. The molecule has 0 fully saturated rings. The normalized spacial score (nSPS) is 14.4. The van der Waals surface area contributed by atoms with E-state index < -0.39 is 6.03 Å². The van der Waals surface area contributed by atoms with Crippen LogP contribution >= 0.6 is 11.3 Å². The predicted molar refractivity (Wildman–Crippen MR) is 133 cm³/mol. The van der Waals surface area contributed by atoms with E-state index in [1.165, 1.54) is 21.6 Å². The molecule has 3 N–H and O–H groups in total. The molecule has 3 heterocycles. The van der Waals surface area contributed by atoms with E-state index in [9.17, 15) is 9.59 Å². The largest absolute Gasteiger partial charge is 0.469 e. The SMILES string of the molecule is CC(C)c1ccc(C(CNC(=O)NNC(=O)CCc2ccco2)N2CCc3sccc3C2)cc1. The number of amides is 3. The van der Waals surface area contributed by atoms with Crippen LogP contribution in [0.4, 0.5) is 4.79 Å². The minimum Gasteiger partial charge on any atom is -0.469 e. The standard InChI is InChI=1S/C26H32N4O3S/c1-18(2)19-5-7-20(8-6-19)23(30-13-11-24-21(17-30)12-15-34-24)16-27-26(32)29-28-25(31)10-9-22-4-3-14-33-22/h3-8,12,14-15,18,23H,9-11,13,16-17H2,1-2H3,(H,28,31)(H2,27,29,32). The minimum atomic E-state index is -0.427. The summed E-state index contributed by atoms with van der Waals surface area (Å²) in [5.74, 6) is 0.936. The molecule has 0 saturated carbocycles. The zero-order valence-electron chi connectivity index (χ0n) is 19.7. The van der Waals surface area contributed by atoms with Gasteiger partial charge >= 0.3 is 6.03 Å². The molecule has 1 unspecified atom stereocenters. The molecule has 8 heteroatoms. The van der Waals surface area contributed by atoms with Gasteiger partial charge in [0.2, 0.25) is 5.91 Å². The zero-order chi connectivity index (χ0) is 23.9. The summed E-state index contributed by atoms with van der Waals surface area (Å²) < 4.78 is 5.23. The van der Waals surface area contributed by atoms with Gasteiger partial charge < -0.3 is 9.73 Å². The number of urea groups is 1. The Hall–Kier alpha value is -3.10. The summed E-state index contributed by atoms with van der Waals surface area (Å²) in [6.45, 7) is 6.61. The van der Waals surface area contributed by atoms with Gasteiger partial charge in [0, 0.05) is 37.4 Å². The van der Waals surface area contributed by atoms with Crippen LogP contribution in [0.1, 0.15) is 59.6 Å². The number of rotatable bonds is 8. The van der Waals surface area contributed by atoms with Crippen LogP contribution in [0.15, 0.2) is 58.5 Å². The van der Waals surface area contributed by atoms with Crippen molar-refractivity contribution in [2.24, 2.45) is 0 Å². The van der Waals surface area contributed by atoms with Crippen molar-refractivity contribution in [3.63, 3.8) is 0 Å². The number of nitrogens with one attached hydrogen (secondary N) is 3. The molecule has 0 spiro atoms. The second kappa shape index (κ2) is 11.4. The molecule has 0 bridgehead atoms. The Bertz CT molecular complexity index is 1080. The molecular weight excluding hydrogens is 448 g/mol. The van der Waals surface area contributed by atoms with E-state index >= 15 is 0 Å². The second-order valence-corrected chi connectivity index (χ2v) is 9.89. The Balaban J connectivity index is 1.34. The zero-order valence-corrected chi connectivity index (χ0v) is 20.5. The van der Waals surface area contributed by atoms with Crippen LogP contribution in [0.5, 0.6) is 0 Å². The third-order valence-electron chi connectivity index (χ3n) is 6.22. The van der Waals surface area contributed by atoms with Gasteiger partial charge in [0.1, 0.15) is 5.76 Å². The maximum Gasteiger partial charge on any atom is 0.333 e. The molecule has 180 valence electrons. The van der Waals surface area contributed by atoms with Crippen molar-refractivity contribution in [2.75, 3.05) is 13.1 Å². The van der Waals surface area contributed by atoms with Gasteiger partial charge in [-0.3, -0.25) is 15.1 Å². The van der Waals surface area contributed by atoms with Crippen molar-refractivity contribution < 1.29 is 14.0 Å². The van der Waals surface area contributed by atoms with E-state index in [-0.39, 0.29) is 18.4 Å². The number of hydrogen-bond donors (Lipinski definition) is 3. The number of furan rings is 1. The Morgan fingerprint density at radius 3 is 2.62 bits per heavy atom. The number of thiophene rings is 1. The fourth-order valence-corrected chi connectivity index (χ4v) is 5.10. The Labute approximate surface area is 204 Å². The maximum atomic E-state index is 12.4. The molecule has 7 nitrogen and oxygen atoms in total. The predicted octanol–water partition coefficient (Wildman–Crippen LogP) is 4.53. The Kier molecular flexibility index (Phi) is 8.03. The molecule has 1 aromatic carbocycles. The smallest absolute Gasteiger partial charge is 0.333 e. The van der Waals surface area contributed by atoms with E-state index in [0.717, 1.165) is 25.3 Å². The third kappa shape index (κ3) is 6.27. The second-order valence-electron chi connectivity index (χ2n) is 8.89. The maximum absolute atomic E-state index is 12.4. The highest BCUT2D eigenvalue weighted by atomic mass is 32.1. The van der Waals surface area contributed by atoms with Crippen molar-refractivity contribution in [2.45, 2.75) is 51.6 Å². The van der Waals surface area contributed by atoms with Crippen molar-refractivity contribution >= 4 is 23.3 Å². The van der Waals surface area contributed by atoms with Crippen LogP contribution < -0.4 is 16.2 Å². The lowest BCUT2D eigenvalue weighted by atomic mass is 9.97. The number of fused-ring (bicyclic) bond motifs is 1. The molecule has 3 aromatic rings. The molecular formula is C26H32N4O3S. The summed E-state index contributed by atoms with van der Waals surface area (Å²) >= 11 is 1.82. The summed E-state index contributed by atoms with van der Waals surface area (Å²) in [6, 6.07) is 14.1. The Morgan fingerprint density at radius 1 is 1.09 bits per heavy atom. The highest BCUT2D eigenvalue weighted by molar-refractivity contribution is 7.10. The average molecular weight is 481 g/mol. The fourth-order valence-electron chi connectivity index (χ4n) is 4.21. The highest BCUT2D eigenvalue weighted by Crippen LogP contribution is 2.30. The van der Waals surface area contributed by atoms with Crippen LogP contribution in [0.2, 0.25) is 0 Å². The van der Waals surface area contributed by atoms with Gasteiger partial charge in [-0.15, -0.1) is 11.3 Å². The third-order valence-corrected chi connectivity index (χ3v) is 7.24. The molecule has 3 amide bonds. The molecule has 0 aliphatic carbocycles. The van der Waals surface area contributed by atoms with Crippen molar-refractivity contribution in [3.8, 4) is 0 Å². The van der Waals surface area contributed by atoms with E-state index in [1.54, 1.807) is 12.3 Å². The van der Waals surface area contributed by atoms with Gasteiger partial charge in [-0.1, -0.05) is 38.1 Å². The molecule has 1 aliphatic rings. The van der Waals surface area contributed by atoms with E-state index in [0.29, 0.717) is 18.9 Å². The number of hydrazine groups is 1. The molecule has 2 aromatic heterocycles. The topological polar surface area (TPSA) is 86.6 Å².